The highest BCUT2D eigenvalue weighted by Gasteiger charge is 2.41. The topological polar surface area (TPSA) is 139 Å². The van der Waals surface area contributed by atoms with Crippen molar-refractivity contribution in [2.75, 3.05) is 19.6 Å². The summed E-state index contributed by atoms with van der Waals surface area (Å²) in [7, 11) is 0. The smallest absolute Gasteiger partial charge is 0.282 e. The predicted molar refractivity (Wildman–Crippen MR) is 80.2 cm³/mol. The summed E-state index contributed by atoms with van der Waals surface area (Å²) in [6.07, 6.45) is 0. The number of imide groups is 1. The van der Waals surface area contributed by atoms with E-state index in [-0.39, 0.29) is 30.1 Å². The zero-order valence-corrected chi connectivity index (χ0v) is 12.7. The van der Waals surface area contributed by atoms with Crippen LogP contribution < -0.4 is 10.6 Å². The number of nitro groups is 1. The lowest BCUT2D eigenvalue weighted by atomic mass is 10.1. The average molecular weight is 334 g/mol. The summed E-state index contributed by atoms with van der Waals surface area (Å²) in [5, 5.41) is 15.9. The van der Waals surface area contributed by atoms with Crippen LogP contribution in [0.3, 0.4) is 0 Å². The Labute approximate surface area is 136 Å². The Morgan fingerprint density at radius 1 is 1.17 bits per heavy atom. The molecule has 24 heavy (non-hydrogen) atoms. The summed E-state index contributed by atoms with van der Waals surface area (Å²) in [5.41, 5.74) is -0.877. The van der Waals surface area contributed by atoms with E-state index in [0.29, 0.717) is 4.90 Å². The Morgan fingerprint density at radius 3 is 2.46 bits per heavy atom. The van der Waals surface area contributed by atoms with Gasteiger partial charge in [-0.05, 0) is 6.07 Å². The van der Waals surface area contributed by atoms with Crippen molar-refractivity contribution in [2.24, 2.45) is 0 Å². The van der Waals surface area contributed by atoms with Crippen LogP contribution in [0.25, 0.3) is 0 Å². The molecule has 1 aliphatic rings. The summed E-state index contributed by atoms with van der Waals surface area (Å²) in [4.78, 5) is 57.8. The van der Waals surface area contributed by atoms with Crippen LogP contribution >= 0.6 is 0 Å². The van der Waals surface area contributed by atoms with E-state index in [0.717, 1.165) is 6.07 Å². The zero-order chi connectivity index (χ0) is 17.9. The van der Waals surface area contributed by atoms with E-state index in [9.17, 15) is 29.3 Å². The van der Waals surface area contributed by atoms with Gasteiger partial charge in [0.05, 0.1) is 10.5 Å². The summed E-state index contributed by atoms with van der Waals surface area (Å²) in [6, 6.07) is 3.73. The number of carbonyl (C=O) groups is 4. The molecule has 0 unspecified atom stereocenters. The van der Waals surface area contributed by atoms with Crippen molar-refractivity contribution in [1.29, 1.82) is 0 Å². The minimum Gasteiger partial charge on any atom is -0.355 e. The summed E-state index contributed by atoms with van der Waals surface area (Å²) in [6.45, 7) is 1.10. The van der Waals surface area contributed by atoms with Crippen molar-refractivity contribution in [2.45, 2.75) is 6.92 Å². The molecule has 126 valence electrons. The lowest BCUT2D eigenvalue weighted by Gasteiger charge is -2.13. The molecule has 4 amide bonds. The molecular weight excluding hydrogens is 320 g/mol. The second-order valence-electron chi connectivity index (χ2n) is 4.99. The summed E-state index contributed by atoms with van der Waals surface area (Å²) in [5.74, 6) is -2.50. The second-order valence-corrected chi connectivity index (χ2v) is 4.99. The van der Waals surface area contributed by atoms with Gasteiger partial charge in [-0.3, -0.25) is 34.2 Å². The maximum atomic E-state index is 12.3. The predicted octanol–water partition coefficient (Wildman–Crippen LogP) is -0.557. The third kappa shape index (κ3) is 3.37. The molecule has 2 rings (SSSR count). The molecule has 0 fully saturated rings. The van der Waals surface area contributed by atoms with Crippen LogP contribution in [0, 0.1) is 10.1 Å². The summed E-state index contributed by atoms with van der Waals surface area (Å²) >= 11 is 0. The van der Waals surface area contributed by atoms with Crippen molar-refractivity contribution < 1.29 is 24.1 Å². The SMILES string of the molecule is CC(=O)NCCNC(=O)CN1C(=O)c2cccc([N+](=O)[O-])c2C1=O. The van der Waals surface area contributed by atoms with Gasteiger partial charge in [0.25, 0.3) is 17.5 Å². The molecule has 0 aromatic heterocycles. The number of carbonyl (C=O) groups excluding carboxylic acids is 4. The number of benzene rings is 1. The fourth-order valence-corrected chi connectivity index (χ4v) is 2.25. The van der Waals surface area contributed by atoms with Crippen molar-refractivity contribution in [1.82, 2.24) is 15.5 Å². The quantitative estimate of drug-likeness (QED) is 0.309. The molecule has 0 bridgehead atoms. The summed E-state index contributed by atoms with van der Waals surface area (Å²) < 4.78 is 0. The Hall–Kier alpha value is -3.30. The van der Waals surface area contributed by atoms with Crippen LogP contribution in [-0.4, -0.2) is 53.1 Å². The largest absolute Gasteiger partial charge is 0.355 e. The first-order valence-electron chi connectivity index (χ1n) is 6.97. The number of nitro benzene ring substituents is 1. The Balaban J connectivity index is 2.06. The van der Waals surface area contributed by atoms with Gasteiger partial charge in [0.15, 0.2) is 0 Å². The van der Waals surface area contributed by atoms with Crippen LogP contribution in [0.1, 0.15) is 27.6 Å². The molecule has 10 nitrogen and oxygen atoms in total. The maximum absolute atomic E-state index is 12.3. The van der Waals surface area contributed by atoms with Crippen molar-refractivity contribution in [3.8, 4) is 0 Å². The van der Waals surface area contributed by atoms with Crippen molar-refractivity contribution in [3.05, 3.63) is 39.4 Å². The molecule has 0 atom stereocenters. The average Bonchev–Trinajstić information content (AvgIpc) is 2.76. The minimum atomic E-state index is -0.876. The van der Waals surface area contributed by atoms with Crippen molar-refractivity contribution >= 4 is 29.3 Å². The van der Waals surface area contributed by atoms with E-state index >= 15 is 0 Å². The molecular formula is C14H14N4O6. The molecule has 0 spiro atoms. The Bertz CT molecular complexity index is 745. The van der Waals surface area contributed by atoms with Gasteiger partial charge in [-0.1, -0.05) is 6.07 Å². The molecule has 0 saturated carbocycles. The van der Waals surface area contributed by atoms with Gasteiger partial charge < -0.3 is 10.6 Å². The first-order chi connectivity index (χ1) is 11.3. The lowest BCUT2D eigenvalue weighted by molar-refractivity contribution is -0.385. The third-order valence-corrected chi connectivity index (χ3v) is 3.30. The zero-order valence-electron chi connectivity index (χ0n) is 12.7. The van der Waals surface area contributed by atoms with E-state index in [1.54, 1.807) is 0 Å². The molecule has 1 heterocycles. The fourth-order valence-electron chi connectivity index (χ4n) is 2.25. The monoisotopic (exact) mass is 334 g/mol. The van der Waals surface area contributed by atoms with Gasteiger partial charge in [-0.2, -0.15) is 0 Å². The molecule has 0 radical (unpaired) electrons. The van der Waals surface area contributed by atoms with Crippen LogP contribution in [-0.2, 0) is 9.59 Å². The lowest BCUT2D eigenvalue weighted by Crippen LogP contribution is -2.42. The third-order valence-electron chi connectivity index (χ3n) is 3.30. The fraction of sp³-hybridized carbons (Fsp3) is 0.286. The number of nitrogens with one attached hydrogen (secondary N) is 2. The van der Waals surface area contributed by atoms with E-state index in [4.69, 9.17) is 0 Å². The molecule has 0 saturated heterocycles. The standard InChI is InChI=1S/C14H14N4O6/c1-8(19)15-5-6-16-11(20)7-17-13(21)9-3-2-4-10(18(23)24)12(9)14(17)22/h2-4H,5-7H2,1H3,(H,15,19)(H,16,20). The number of hydrogen-bond acceptors (Lipinski definition) is 6. The Morgan fingerprint density at radius 2 is 1.83 bits per heavy atom. The molecule has 0 aliphatic carbocycles. The molecule has 1 aromatic carbocycles. The number of rotatable bonds is 6. The normalized spacial score (nSPS) is 12.8. The molecule has 1 aromatic rings. The number of fused-ring (bicyclic) bond motifs is 1. The molecule has 2 N–H and O–H groups in total. The van der Waals surface area contributed by atoms with Crippen LogP contribution in [0.15, 0.2) is 18.2 Å². The molecule has 10 heteroatoms. The first-order valence-corrected chi connectivity index (χ1v) is 6.97. The van der Waals surface area contributed by atoms with E-state index < -0.39 is 34.9 Å². The van der Waals surface area contributed by atoms with Crippen LogP contribution in [0.2, 0.25) is 0 Å². The van der Waals surface area contributed by atoms with E-state index in [2.05, 4.69) is 10.6 Å². The first kappa shape index (κ1) is 17.1. The van der Waals surface area contributed by atoms with Gasteiger partial charge >= 0.3 is 0 Å². The van der Waals surface area contributed by atoms with Crippen LogP contribution in [0.4, 0.5) is 5.69 Å². The number of hydrogen-bond donors (Lipinski definition) is 2. The second kappa shape index (κ2) is 6.86. The van der Waals surface area contributed by atoms with Gasteiger partial charge in [0, 0.05) is 26.1 Å². The van der Waals surface area contributed by atoms with Gasteiger partial charge in [-0.15, -0.1) is 0 Å². The highest BCUT2D eigenvalue weighted by atomic mass is 16.6. The Kier molecular flexibility index (Phi) is 4.87. The van der Waals surface area contributed by atoms with Crippen LogP contribution in [0.5, 0.6) is 0 Å². The minimum absolute atomic E-state index is 0.0970. The van der Waals surface area contributed by atoms with Gasteiger partial charge in [0.2, 0.25) is 11.8 Å². The van der Waals surface area contributed by atoms with E-state index in [1.165, 1.54) is 19.1 Å². The number of amides is 4. The van der Waals surface area contributed by atoms with Gasteiger partial charge in [0.1, 0.15) is 12.1 Å². The van der Waals surface area contributed by atoms with E-state index in [1.807, 2.05) is 0 Å². The maximum Gasteiger partial charge on any atom is 0.282 e. The van der Waals surface area contributed by atoms with Gasteiger partial charge in [-0.25, -0.2) is 0 Å². The highest BCUT2D eigenvalue weighted by molar-refractivity contribution is 6.24. The van der Waals surface area contributed by atoms with Crippen molar-refractivity contribution in [3.63, 3.8) is 0 Å². The molecule has 1 aliphatic heterocycles. The highest BCUT2D eigenvalue weighted by Crippen LogP contribution is 2.30. The number of nitrogens with zero attached hydrogens (tertiary/aromatic N) is 2.